The second-order valence-electron chi connectivity index (χ2n) is 5.16. The molecule has 130 valence electrons. The number of urea groups is 1. The van der Waals surface area contributed by atoms with E-state index >= 15 is 0 Å². The molecule has 2 aliphatic rings. The van der Waals surface area contributed by atoms with Gasteiger partial charge in [0.25, 0.3) is 5.91 Å². The van der Waals surface area contributed by atoms with Crippen molar-refractivity contribution in [2.24, 2.45) is 0 Å². The second-order valence-corrected chi connectivity index (χ2v) is 6.17. The lowest BCUT2D eigenvalue weighted by Gasteiger charge is -2.31. The highest BCUT2D eigenvalue weighted by atomic mass is 32.3. The van der Waals surface area contributed by atoms with E-state index in [-0.39, 0.29) is 12.3 Å². The fraction of sp³-hybridized carbons (Fsp3) is 0.333. The Labute approximate surface area is 136 Å². The van der Waals surface area contributed by atoms with Gasteiger partial charge in [0, 0.05) is 0 Å². The summed E-state index contributed by atoms with van der Waals surface area (Å²) in [4.78, 5) is 30.3. The van der Waals surface area contributed by atoms with Crippen LogP contribution in [0.25, 0.3) is 0 Å². The molecule has 3 N–H and O–H groups in total. The molecule has 2 atom stereocenters. The Bertz CT molecular complexity index is 811. The van der Waals surface area contributed by atoms with Crippen LogP contribution < -0.4 is 5.48 Å². The quantitative estimate of drug-likeness (QED) is 0.488. The van der Waals surface area contributed by atoms with Crippen LogP contribution in [0.15, 0.2) is 18.2 Å². The van der Waals surface area contributed by atoms with E-state index in [4.69, 9.17) is 4.55 Å². The van der Waals surface area contributed by atoms with E-state index in [1.807, 2.05) is 0 Å². The molecule has 0 aromatic heterocycles. The van der Waals surface area contributed by atoms with E-state index in [0.717, 1.165) is 4.90 Å². The lowest BCUT2D eigenvalue weighted by molar-refractivity contribution is -0.136. The first-order chi connectivity index (χ1) is 11.2. The Morgan fingerprint density at radius 3 is 2.71 bits per heavy atom. The normalized spacial score (nSPS) is 22.5. The predicted octanol–water partition coefficient (Wildman–Crippen LogP) is -0.362. The number of nitrogens with zero attached hydrogens (tertiary/aromatic N) is 2. The maximum Gasteiger partial charge on any atom is 0.418 e. The summed E-state index contributed by atoms with van der Waals surface area (Å²) in [6, 6.07) is 1.10. The third-order valence-electron chi connectivity index (χ3n) is 3.75. The number of rotatable bonds is 4. The molecule has 11 nitrogen and oxygen atoms in total. The van der Waals surface area contributed by atoms with Crippen molar-refractivity contribution in [3.8, 4) is 5.75 Å². The first-order valence-electron chi connectivity index (χ1n) is 6.65. The summed E-state index contributed by atoms with van der Waals surface area (Å²) in [6.07, 6.45) is 0. The SMILES string of the molecule is CONC(=O)C1c2ccc(O)cc2[C@H]2CN1C(=O)N2OS(=O)(=O)O. The van der Waals surface area contributed by atoms with Gasteiger partial charge in [0.2, 0.25) is 0 Å². The number of carbonyl (C=O) groups excluding carboxylic acids is 2. The highest BCUT2D eigenvalue weighted by Gasteiger charge is 2.52. The number of hydrogen-bond acceptors (Lipinski definition) is 7. The van der Waals surface area contributed by atoms with Gasteiger partial charge < -0.3 is 10.0 Å². The van der Waals surface area contributed by atoms with Gasteiger partial charge in [0.1, 0.15) is 17.8 Å². The number of carbonyl (C=O) groups is 2. The molecule has 2 heterocycles. The number of fused-ring (bicyclic) bond motifs is 4. The monoisotopic (exact) mass is 359 g/mol. The van der Waals surface area contributed by atoms with Crippen molar-refractivity contribution in [2.75, 3.05) is 13.7 Å². The molecule has 0 spiro atoms. The highest BCUT2D eigenvalue weighted by molar-refractivity contribution is 7.80. The molecule has 0 aliphatic carbocycles. The summed E-state index contributed by atoms with van der Waals surface area (Å²) in [7, 11) is -3.73. The van der Waals surface area contributed by atoms with Crippen LogP contribution in [0.2, 0.25) is 0 Å². The zero-order valence-corrected chi connectivity index (χ0v) is 13.1. The fourth-order valence-corrected chi connectivity index (χ4v) is 3.30. The highest BCUT2D eigenvalue weighted by Crippen LogP contribution is 2.45. The molecule has 1 fully saturated rings. The lowest BCUT2D eigenvalue weighted by atomic mass is 9.90. The van der Waals surface area contributed by atoms with Gasteiger partial charge in [-0.1, -0.05) is 6.07 Å². The minimum absolute atomic E-state index is 0.0768. The van der Waals surface area contributed by atoms with E-state index in [2.05, 4.69) is 14.6 Å². The van der Waals surface area contributed by atoms with Gasteiger partial charge in [-0.3, -0.25) is 14.2 Å². The lowest BCUT2D eigenvalue weighted by Crippen LogP contribution is -2.43. The van der Waals surface area contributed by atoms with Crippen LogP contribution in [-0.4, -0.2) is 53.6 Å². The minimum Gasteiger partial charge on any atom is -0.508 e. The molecular formula is C12H13N3O8S. The van der Waals surface area contributed by atoms with Gasteiger partial charge in [-0.05, 0) is 23.3 Å². The van der Waals surface area contributed by atoms with Crippen LogP contribution >= 0.6 is 0 Å². The molecule has 1 saturated heterocycles. The number of hydrogen-bond donors (Lipinski definition) is 3. The molecule has 3 rings (SSSR count). The topological polar surface area (TPSA) is 146 Å². The molecule has 0 saturated carbocycles. The second kappa shape index (κ2) is 5.59. The number of hydroxylamine groups is 3. The first kappa shape index (κ1) is 16.4. The fourth-order valence-electron chi connectivity index (χ4n) is 2.93. The summed E-state index contributed by atoms with van der Waals surface area (Å²) in [5.74, 6) is -0.802. The smallest absolute Gasteiger partial charge is 0.418 e. The van der Waals surface area contributed by atoms with Crippen molar-refractivity contribution >= 4 is 22.3 Å². The van der Waals surface area contributed by atoms with Crippen molar-refractivity contribution in [2.45, 2.75) is 12.1 Å². The number of amides is 3. The summed E-state index contributed by atoms with van der Waals surface area (Å²) in [5.41, 5.74) is 2.80. The van der Waals surface area contributed by atoms with Crippen LogP contribution in [-0.2, 0) is 24.3 Å². The Morgan fingerprint density at radius 2 is 2.08 bits per heavy atom. The number of nitrogens with one attached hydrogen (secondary N) is 1. The average Bonchev–Trinajstić information content (AvgIpc) is 2.74. The number of phenolic OH excluding ortho intramolecular Hbond substituents is 1. The molecule has 0 radical (unpaired) electrons. The first-order valence-corrected chi connectivity index (χ1v) is 8.02. The van der Waals surface area contributed by atoms with Crippen molar-refractivity contribution < 1.29 is 36.8 Å². The van der Waals surface area contributed by atoms with E-state index in [9.17, 15) is 23.1 Å². The van der Waals surface area contributed by atoms with Crippen LogP contribution in [0.5, 0.6) is 5.75 Å². The molecule has 24 heavy (non-hydrogen) atoms. The van der Waals surface area contributed by atoms with Gasteiger partial charge >= 0.3 is 16.4 Å². The van der Waals surface area contributed by atoms with Crippen LogP contribution in [0.1, 0.15) is 23.2 Å². The predicted molar refractivity (Wildman–Crippen MR) is 75.3 cm³/mol. The summed E-state index contributed by atoms with van der Waals surface area (Å²) < 4.78 is 35.2. The molecular weight excluding hydrogens is 346 g/mol. The third kappa shape index (κ3) is 2.65. The van der Waals surface area contributed by atoms with Crippen molar-refractivity contribution in [1.29, 1.82) is 0 Å². The Morgan fingerprint density at radius 1 is 1.38 bits per heavy atom. The molecule has 2 bridgehead atoms. The molecule has 3 amide bonds. The van der Waals surface area contributed by atoms with Crippen LogP contribution in [0, 0.1) is 0 Å². The summed E-state index contributed by atoms with van der Waals surface area (Å²) >= 11 is 0. The van der Waals surface area contributed by atoms with Crippen molar-refractivity contribution in [3.63, 3.8) is 0 Å². The zero-order chi connectivity index (χ0) is 17.6. The van der Waals surface area contributed by atoms with Gasteiger partial charge in [-0.15, -0.1) is 4.28 Å². The van der Waals surface area contributed by atoms with Gasteiger partial charge in [-0.25, -0.2) is 10.3 Å². The van der Waals surface area contributed by atoms with Gasteiger partial charge in [-0.2, -0.15) is 13.5 Å². The van der Waals surface area contributed by atoms with Gasteiger partial charge in [0.05, 0.1) is 13.7 Å². The minimum atomic E-state index is -4.95. The van der Waals surface area contributed by atoms with Crippen LogP contribution in [0.4, 0.5) is 4.79 Å². The summed E-state index contributed by atoms with van der Waals surface area (Å²) in [6.45, 7) is -0.0768. The maximum absolute atomic E-state index is 12.4. The standard InChI is InChI=1S/C12H13N3O8S/c1-22-13-11(17)10-7-3-2-6(16)4-8(7)9-5-14(10)12(18)15(9)23-24(19,20)21/h2-4,9-10,16H,5H2,1H3,(H,13,17)(H,19,20,21)/t9-,10?/m1/s1. The average molecular weight is 359 g/mol. The van der Waals surface area contributed by atoms with Gasteiger partial charge in [0.15, 0.2) is 0 Å². The number of benzene rings is 1. The Balaban J connectivity index is 2.10. The molecule has 1 aromatic carbocycles. The molecule has 1 unspecified atom stereocenters. The van der Waals surface area contributed by atoms with E-state index in [0.29, 0.717) is 16.2 Å². The van der Waals surface area contributed by atoms with Crippen molar-refractivity contribution in [3.05, 3.63) is 29.3 Å². The zero-order valence-electron chi connectivity index (χ0n) is 12.2. The van der Waals surface area contributed by atoms with E-state index in [1.54, 1.807) is 0 Å². The molecule has 1 aromatic rings. The van der Waals surface area contributed by atoms with Crippen LogP contribution in [0.3, 0.4) is 0 Å². The summed E-state index contributed by atoms with van der Waals surface area (Å²) in [5, 5.41) is 10.1. The number of aromatic hydroxyl groups is 1. The third-order valence-corrected chi connectivity index (χ3v) is 4.10. The maximum atomic E-state index is 12.4. The van der Waals surface area contributed by atoms with E-state index in [1.165, 1.54) is 25.3 Å². The molecule has 12 heteroatoms. The Kier molecular flexibility index (Phi) is 3.83. The Hall–Kier alpha value is -2.41. The number of phenols is 1. The van der Waals surface area contributed by atoms with Crippen molar-refractivity contribution in [1.82, 2.24) is 15.4 Å². The largest absolute Gasteiger partial charge is 0.508 e. The van der Waals surface area contributed by atoms with E-state index < -0.39 is 34.4 Å². The molecule has 2 aliphatic heterocycles.